The van der Waals surface area contributed by atoms with Crippen LogP contribution >= 0.6 is 0 Å². The molecular weight excluding hydrogens is 428 g/mol. The highest BCUT2D eigenvalue weighted by molar-refractivity contribution is 6.60. The molecule has 10 nitrogen and oxygen atoms in total. The second-order valence-corrected chi connectivity index (χ2v) is 13.1. The first-order chi connectivity index (χ1) is 14.4. The van der Waals surface area contributed by atoms with Crippen LogP contribution in [0.5, 0.6) is 0 Å². The van der Waals surface area contributed by atoms with Crippen molar-refractivity contribution in [3.63, 3.8) is 0 Å². The molecule has 30 heavy (non-hydrogen) atoms. The fourth-order valence-corrected chi connectivity index (χ4v) is 6.79. The van der Waals surface area contributed by atoms with Crippen molar-refractivity contribution in [2.24, 2.45) is 0 Å². The Hall–Kier alpha value is 0.0338. The molecule has 182 valence electrons. The molecule has 12 heteroatoms. The Balaban J connectivity index is 4.85. The summed E-state index contributed by atoms with van der Waals surface area (Å²) in [6, 6.07) is 1.47. The molecule has 0 fully saturated rings. The van der Waals surface area contributed by atoms with Gasteiger partial charge in [-0.05, 0) is 25.9 Å². The lowest BCUT2D eigenvalue weighted by molar-refractivity contribution is 0.116. The lowest BCUT2D eigenvalue weighted by Gasteiger charge is -2.30. The summed E-state index contributed by atoms with van der Waals surface area (Å²) in [5.41, 5.74) is 0. The van der Waals surface area contributed by atoms with Crippen molar-refractivity contribution in [3.8, 4) is 0 Å². The molecule has 0 amide bonds. The highest BCUT2D eigenvalue weighted by Gasteiger charge is 2.38. The summed E-state index contributed by atoms with van der Waals surface area (Å²) in [4.78, 5) is 4.42. The Kier molecular flexibility index (Phi) is 17.6. The van der Waals surface area contributed by atoms with Crippen molar-refractivity contribution in [1.29, 1.82) is 0 Å². The molecule has 0 rings (SSSR count). The summed E-state index contributed by atoms with van der Waals surface area (Å²) in [5.74, 6) is 0. The SMILES string of the molecule is CO[Si](CCCN(CCC[Si](OC)(OC)OC)CCN(CCO)CCO)(OC)OC. The van der Waals surface area contributed by atoms with Crippen LogP contribution < -0.4 is 0 Å². The molecule has 0 spiro atoms. The van der Waals surface area contributed by atoms with E-state index in [1.807, 2.05) is 0 Å². The van der Waals surface area contributed by atoms with E-state index in [4.69, 9.17) is 26.6 Å². The summed E-state index contributed by atoms with van der Waals surface area (Å²) in [5, 5.41) is 18.5. The van der Waals surface area contributed by atoms with Crippen LogP contribution in [-0.2, 0) is 26.6 Å². The minimum atomic E-state index is -2.59. The van der Waals surface area contributed by atoms with E-state index in [0.29, 0.717) is 13.1 Å². The van der Waals surface area contributed by atoms with Gasteiger partial charge in [0.05, 0.1) is 13.2 Å². The minimum absolute atomic E-state index is 0.0767. The molecule has 0 aliphatic rings. The zero-order valence-electron chi connectivity index (χ0n) is 19.7. The first-order valence-corrected chi connectivity index (χ1v) is 14.3. The molecule has 0 saturated carbocycles. The van der Waals surface area contributed by atoms with Crippen molar-refractivity contribution in [3.05, 3.63) is 0 Å². The van der Waals surface area contributed by atoms with Crippen LogP contribution in [0.4, 0.5) is 0 Å². The molecule has 0 saturated heterocycles. The van der Waals surface area contributed by atoms with Crippen molar-refractivity contribution >= 4 is 17.6 Å². The average Bonchev–Trinajstić information content (AvgIpc) is 2.78. The molecule has 0 heterocycles. The van der Waals surface area contributed by atoms with Crippen LogP contribution in [0.1, 0.15) is 12.8 Å². The number of nitrogens with zero attached hydrogens (tertiary/aromatic N) is 2. The Bertz CT molecular complexity index is 356. The van der Waals surface area contributed by atoms with Crippen LogP contribution in [0.3, 0.4) is 0 Å². The van der Waals surface area contributed by atoms with Crippen LogP contribution in [0.2, 0.25) is 12.1 Å². The third kappa shape index (κ3) is 11.1. The Morgan fingerprint density at radius 3 is 1.07 bits per heavy atom. The molecule has 0 bridgehead atoms. The molecule has 0 aliphatic carbocycles. The van der Waals surface area contributed by atoms with Crippen molar-refractivity contribution < 1.29 is 36.8 Å². The van der Waals surface area contributed by atoms with Gasteiger partial charge in [-0.1, -0.05) is 0 Å². The van der Waals surface area contributed by atoms with Crippen LogP contribution in [0.25, 0.3) is 0 Å². The van der Waals surface area contributed by atoms with E-state index in [-0.39, 0.29) is 13.2 Å². The maximum atomic E-state index is 9.24. The first kappa shape index (κ1) is 30.0. The van der Waals surface area contributed by atoms with E-state index < -0.39 is 17.6 Å². The first-order valence-electron chi connectivity index (χ1n) is 10.4. The zero-order chi connectivity index (χ0) is 22.9. The van der Waals surface area contributed by atoms with Gasteiger partial charge in [0.2, 0.25) is 0 Å². The molecule has 0 unspecified atom stereocenters. The molecule has 0 radical (unpaired) electrons. The second kappa shape index (κ2) is 17.6. The van der Waals surface area contributed by atoms with E-state index in [1.54, 1.807) is 42.7 Å². The van der Waals surface area contributed by atoms with Gasteiger partial charge >= 0.3 is 17.6 Å². The third-order valence-electron chi connectivity index (χ3n) is 5.35. The summed E-state index contributed by atoms with van der Waals surface area (Å²) in [7, 11) is 4.59. The number of aliphatic hydroxyl groups is 2. The maximum absolute atomic E-state index is 9.24. The van der Waals surface area contributed by atoms with Crippen LogP contribution in [0, 0.1) is 0 Å². The standard InChI is InChI=1S/C18H44N2O8Si2/c1-23-29(24-2,25-3)17-7-9-19(11-12-20(13-15-21)14-16-22)10-8-18-30(26-4,27-5)28-6/h21-22H,7-18H2,1-6H3. The second-order valence-electron chi connectivity index (χ2n) is 6.93. The van der Waals surface area contributed by atoms with E-state index in [0.717, 1.165) is 51.1 Å². The molecule has 0 aromatic carbocycles. The average molecular weight is 473 g/mol. The Morgan fingerprint density at radius 2 is 0.800 bits per heavy atom. The van der Waals surface area contributed by atoms with Gasteiger partial charge in [0.1, 0.15) is 0 Å². The number of aliphatic hydroxyl groups excluding tert-OH is 2. The van der Waals surface area contributed by atoms with Crippen molar-refractivity contribution in [1.82, 2.24) is 9.80 Å². The smallest absolute Gasteiger partial charge is 0.395 e. The van der Waals surface area contributed by atoms with E-state index in [2.05, 4.69) is 9.80 Å². The monoisotopic (exact) mass is 472 g/mol. The van der Waals surface area contributed by atoms with Gasteiger partial charge in [-0.25, -0.2) is 0 Å². The van der Waals surface area contributed by atoms with Gasteiger partial charge in [0.25, 0.3) is 0 Å². The summed E-state index contributed by atoms with van der Waals surface area (Å²) in [6.07, 6.45) is 1.76. The van der Waals surface area contributed by atoms with Gasteiger partial charge in [0, 0.05) is 80.9 Å². The highest BCUT2D eigenvalue weighted by Crippen LogP contribution is 2.17. The molecule has 0 aromatic rings. The van der Waals surface area contributed by atoms with Crippen LogP contribution in [-0.4, -0.2) is 133 Å². The van der Waals surface area contributed by atoms with Crippen molar-refractivity contribution in [2.75, 3.05) is 95.1 Å². The fourth-order valence-electron chi connectivity index (χ4n) is 3.39. The number of rotatable bonds is 21. The molecule has 0 aliphatic heterocycles. The van der Waals surface area contributed by atoms with Crippen molar-refractivity contribution in [2.45, 2.75) is 24.9 Å². The predicted octanol–water partition coefficient (Wildman–Crippen LogP) is 0.111. The molecular formula is C18H44N2O8Si2. The summed E-state index contributed by atoms with van der Waals surface area (Å²) in [6.45, 7) is 4.56. The minimum Gasteiger partial charge on any atom is -0.395 e. The van der Waals surface area contributed by atoms with E-state index >= 15 is 0 Å². The highest BCUT2D eigenvalue weighted by atomic mass is 28.4. The molecule has 2 N–H and O–H groups in total. The van der Waals surface area contributed by atoms with Crippen LogP contribution in [0.15, 0.2) is 0 Å². The molecule has 0 aromatic heterocycles. The quantitative estimate of drug-likeness (QED) is 0.224. The molecule has 0 atom stereocenters. The normalized spacial score (nSPS) is 13.0. The lowest BCUT2D eigenvalue weighted by atomic mass is 10.3. The zero-order valence-corrected chi connectivity index (χ0v) is 21.7. The summed E-state index contributed by atoms with van der Waals surface area (Å²) >= 11 is 0. The van der Waals surface area contributed by atoms with E-state index in [9.17, 15) is 10.2 Å². The topological polar surface area (TPSA) is 102 Å². The van der Waals surface area contributed by atoms with Gasteiger partial charge in [-0.3, -0.25) is 4.90 Å². The maximum Gasteiger partial charge on any atom is 0.500 e. The number of hydrogen-bond donors (Lipinski definition) is 2. The Morgan fingerprint density at radius 1 is 0.500 bits per heavy atom. The van der Waals surface area contributed by atoms with Gasteiger partial charge in [-0.15, -0.1) is 0 Å². The van der Waals surface area contributed by atoms with E-state index in [1.165, 1.54) is 0 Å². The predicted molar refractivity (Wildman–Crippen MR) is 119 cm³/mol. The Labute approximate surface area is 184 Å². The fraction of sp³-hybridized carbons (Fsp3) is 1.00. The van der Waals surface area contributed by atoms with Gasteiger partial charge in [-0.2, -0.15) is 0 Å². The third-order valence-corrected chi connectivity index (χ3v) is 11.0. The largest absolute Gasteiger partial charge is 0.500 e. The van der Waals surface area contributed by atoms with Gasteiger partial charge in [0.15, 0.2) is 0 Å². The van der Waals surface area contributed by atoms with Gasteiger partial charge < -0.3 is 41.7 Å². The lowest BCUT2D eigenvalue weighted by Crippen LogP contribution is -2.45. The number of hydrogen-bond acceptors (Lipinski definition) is 10. The summed E-state index contributed by atoms with van der Waals surface area (Å²) < 4.78 is 33.1.